The minimum Gasteiger partial charge on any atom is -0.366 e. The lowest BCUT2D eigenvalue weighted by atomic mass is 9.74. The summed E-state index contributed by atoms with van der Waals surface area (Å²) in [5, 5.41) is 7.62. The summed E-state index contributed by atoms with van der Waals surface area (Å²) >= 11 is 5.92. The summed E-state index contributed by atoms with van der Waals surface area (Å²) < 4.78 is 28.9. The number of hydrogen-bond donors (Lipinski definition) is 1. The van der Waals surface area contributed by atoms with Gasteiger partial charge in [0.2, 0.25) is 5.91 Å². The topological polar surface area (TPSA) is 83.4 Å². The molecule has 3 fully saturated rings. The third-order valence-corrected chi connectivity index (χ3v) is 9.85. The van der Waals surface area contributed by atoms with Crippen molar-refractivity contribution < 1.29 is 18.4 Å². The van der Waals surface area contributed by atoms with Crippen LogP contribution in [-0.2, 0) is 10.2 Å². The Labute approximate surface area is 248 Å². The molecule has 220 valence electrons. The van der Waals surface area contributed by atoms with Crippen molar-refractivity contribution in [2.75, 3.05) is 29.4 Å². The van der Waals surface area contributed by atoms with Gasteiger partial charge in [-0.15, -0.1) is 0 Å². The van der Waals surface area contributed by atoms with Crippen LogP contribution in [0.5, 0.6) is 0 Å². The van der Waals surface area contributed by atoms with Gasteiger partial charge in [0, 0.05) is 43.8 Å². The van der Waals surface area contributed by atoms with Crippen LogP contribution >= 0.6 is 11.6 Å². The van der Waals surface area contributed by atoms with Crippen molar-refractivity contribution in [1.29, 1.82) is 0 Å². The Morgan fingerprint density at radius 1 is 1.10 bits per heavy atom. The second kappa shape index (κ2) is 10.6. The molecule has 2 amide bonds. The summed E-state index contributed by atoms with van der Waals surface area (Å²) in [6, 6.07) is 9.75. The molecular formula is C31H33ClF2N6O2. The van der Waals surface area contributed by atoms with Gasteiger partial charge in [-0.1, -0.05) is 29.8 Å². The molecule has 1 N–H and O–H groups in total. The van der Waals surface area contributed by atoms with E-state index in [-0.39, 0.29) is 28.5 Å². The number of rotatable bonds is 7. The number of nitrogens with zero attached hydrogens (tertiary/aromatic N) is 5. The number of alkyl halides is 2. The van der Waals surface area contributed by atoms with Gasteiger partial charge in [0.25, 0.3) is 12.3 Å². The second-order valence-corrected chi connectivity index (χ2v) is 12.6. The van der Waals surface area contributed by atoms with Crippen molar-refractivity contribution in [3.05, 3.63) is 70.8 Å². The highest BCUT2D eigenvalue weighted by Gasteiger charge is 2.58. The lowest BCUT2D eigenvalue weighted by Crippen LogP contribution is -2.64. The van der Waals surface area contributed by atoms with Gasteiger partial charge in [0.1, 0.15) is 11.1 Å². The van der Waals surface area contributed by atoms with E-state index in [9.17, 15) is 18.4 Å². The summed E-state index contributed by atoms with van der Waals surface area (Å²) in [5.74, 6) is -0.136. The third-order valence-electron chi connectivity index (χ3n) is 9.65. The number of para-hydroxylation sites is 1. The number of nitrogens with one attached hydrogen (secondary N) is 1. The van der Waals surface area contributed by atoms with E-state index in [1.807, 2.05) is 29.3 Å². The molecule has 0 radical (unpaired) electrons. The Balaban J connectivity index is 0.984. The van der Waals surface area contributed by atoms with E-state index in [4.69, 9.17) is 11.6 Å². The number of halogens is 3. The summed E-state index contributed by atoms with van der Waals surface area (Å²) in [6.07, 6.45) is 8.98. The quantitative estimate of drug-likeness (QED) is 0.380. The number of fused-ring (bicyclic) bond motifs is 2. The summed E-state index contributed by atoms with van der Waals surface area (Å²) in [5.41, 5.74) is 1.89. The standard InChI is InChI=1S/C31H33ClF2N6O2/c32-20-12-24(27(28(33)34)35-13-20)29(41)37-21-10-8-19(9-11-21)15-39-26-7-2-1-6-25(26)31(30(39)42)17-38(18-31)23-14-36-40(16-23)22-4-3-5-22/h1-2,6-7,12-14,16,19,21-22,28H,3-5,8-11,15,17-18H2,(H,37,41)/t19-,21-. The van der Waals surface area contributed by atoms with Crippen molar-refractivity contribution in [3.8, 4) is 0 Å². The third kappa shape index (κ3) is 4.64. The van der Waals surface area contributed by atoms with Gasteiger partial charge >= 0.3 is 0 Å². The summed E-state index contributed by atoms with van der Waals surface area (Å²) in [6.45, 7) is 1.92. The Bertz CT molecular complexity index is 1510. The average Bonchev–Trinajstić information content (AvgIpc) is 3.48. The van der Waals surface area contributed by atoms with Crippen LogP contribution in [0, 0.1) is 5.92 Å². The molecule has 1 spiro atoms. The van der Waals surface area contributed by atoms with E-state index < -0.39 is 23.4 Å². The van der Waals surface area contributed by atoms with Gasteiger partial charge in [0.15, 0.2) is 0 Å². The highest BCUT2D eigenvalue weighted by atomic mass is 35.5. The molecule has 2 aromatic heterocycles. The number of anilines is 2. The molecule has 3 aromatic rings. The van der Waals surface area contributed by atoms with Crippen LogP contribution in [0.15, 0.2) is 48.9 Å². The molecule has 1 saturated heterocycles. The Morgan fingerprint density at radius 2 is 1.86 bits per heavy atom. The SMILES string of the molecule is O=C(N[C@H]1CC[C@H](CN2C(=O)C3(CN(c4cnn(C5CCC5)c4)C3)c3ccccc32)CC1)c1cc(Cl)cnc1C(F)F. The van der Waals surface area contributed by atoms with Crippen molar-refractivity contribution >= 4 is 34.8 Å². The molecule has 0 unspecified atom stereocenters. The van der Waals surface area contributed by atoms with Crippen molar-refractivity contribution in [2.24, 2.45) is 5.92 Å². The number of benzene rings is 1. The number of hydrogen-bond acceptors (Lipinski definition) is 5. The van der Waals surface area contributed by atoms with Crippen LogP contribution in [0.25, 0.3) is 0 Å². The molecule has 7 rings (SSSR count). The van der Waals surface area contributed by atoms with E-state index in [0.29, 0.717) is 38.5 Å². The molecule has 1 aromatic carbocycles. The van der Waals surface area contributed by atoms with Gasteiger partial charge < -0.3 is 15.1 Å². The number of aromatic nitrogens is 3. The molecule has 0 bridgehead atoms. The minimum atomic E-state index is -2.87. The van der Waals surface area contributed by atoms with Crippen molar-refractivity contribution in [1.82, 2.24) is 20.1 Å². The maximum Gasteiger partial charge on any atom is 0.281 e. The van der Waals surface area contributed by atoms with Crippen molar-refractivity contribution in [3.63, 3.8) is 0 Å². The van der Waals surface area contributed by atoms with Crippen LogP contribution < -0.4 is 15.1 Å². The first-order chi connectivity index (χ1) is 20.3. The Hall–Kier alpha value is -3.53. The predicted molar refractivity (Wildman–Crippen MR) is 155 cm³/mol. The smallest absolute Gasteiger partial charge is 0.281 e. The summed E-state index contributed by atoms with van der Waals surface area (Å²) in [7, 11) is 0. The number of amides is 2. The van der Waals surface area contributed by atoms with E-state index >= 15 is 0 Å². The predicted octanol–water partition coefficient (Wildman–Crippen LogP) is 5.69. The summed E-state index contributed by atoms with van der Waals surface area (Å²) in [4.78, 5) is 34.7. The minimum absolute atomic E-state index is 0.132. The van der Waals surface area contributed by atoms with Gasteiger partial charge in [-0.25, -0.2) is 8.78 Å². The molecule has 11 heteroatoms. The van der Waals surface area contributed by atoms with Crippen LogP contribution in [0.4, 0.5) is 20.2 Å². The van der Waals surface area contributed by atoms with E-state index in [2.05, 4.69) is 37.2 Å². The highest BCUT2D eigenvalue weighted by molar-refractivity contribution is 6.30. The monoisotopic (exact) mass is 594 g/mol. The normalized spacial score (nSPS) is 23.2. The Morgan fingerprint density at radius 3 is 2.57 bits per heavy atom. The van der Waals surface area contributed by atoms with Crippen LogP contribution in [0.3, 0.4) is 0 Å². The van der Waals surface area contributed by atoms with Crippen molar-refractivity contribution in [2.45, 2.75) is 68.9 Å². The van der Waals surface area contributed by atoms with E-state index in [0.717, 1.165) is 36.0 Å². The van der Waals surface area contributed by atoms with E-state index in [1.165, 1.54) is 25.3 Å². The maximum atomic E-state index is 14.0. The highest BCUT2D eigenvalue weighted by Crippen LogP contribution is 2.49. The number of carbonyl (C=O) groups excluding carboxylic acids is 2. The maximum absolute atomic E-state index is 14.0. The first kappa shape index (κ1) is 27.3. The second-order valence-electron chi connectivity index (χ2n) is 12.2. The lowest BCUT2D eigenvalue weighted by Gasteiger charge is -2.47. The fraction of sp³-hybridized carbons (Fsp3) is 0.484. The molecule has 2 aliphatic heterocycles. The number of carbonyl (C=O) groups is 2. The van der Waals surface area contributed by atoms with Gasteiger partial charge in [-0.3, -0.25) is 19.3 Å². The molecule has 4 aliphatic rings. The molecule has 2 aliphatic carbocycles. The van der Waals surface area contributed by atoms with E-state index in [1.54, 1.807) is 0 Å². The molecule has 42 heavy (non-hydrogen) atoms. The fourth-order valence-electron chi connectivity index (χ4n) is 7.03. The zero-order valence-corrected chi connectivity index (χ0v) is 23.9. The van der Waals surface area contributed by atoms with Gasteiger partial charge in [0.05, 0.1) is 28.5 Å². The first-order valence-corrected chi connectivity index (χ1v) is 15.2. The number of pyridine rings is 1. The largest absolute Gasteiger partial charge is 0.366 e. The lowest BCUT2D eigenvalue weighted by molar-refractivity contribution is -0.124. The molecule has 0 atom stereocenters. The fourth-order valence-corrected chi connectivity index (χ4v) is 7.19. The molecule has 2 saturated carbocycles. The van der Waals surface area contributed by atoms with Crippen LogP contribution in [-0.4, -0.2) is 52.3 Å². The average molecular weight is 595 g/mol. The van der Waals surface area contributed by atoms with Gasteiger partial charge in [-0.2, -0.15) is 5.10 Å². The Kier molecular flexibility index (Phi) is 6.91. The zero-order valence-electron chi connectivity index (χ0n) is 23.2. The first-order valence-electron chi connectivity index (χ1n) is 14.8. The zero-order chi connectivity index (χ0) is 29.0. The molecular weight excluding hydrogens is 562 g/mol. The van der Waals surface area contributed by atoms with Gasteiger partial charge in [-0.05, 0) is 68.6 Å². The van der Waals surface area contributed by atoms with Crippen LogP contribution in [0.1, 0.15) is 79.0 Å². The molecule has 4 heterocycles. The van der Waals surface area contributed by atoms with Crippen LogP contribution in [0.2, 0.25) is 5.02 Å². The molecule has 8 nitrogen and oxygen atoms in total.